The summed E-state index contributed by atoms with van der Waals surface area (Å²) in [5, 5.41) is 22.0. The van der Waals surface area contributed by atoms with Crippen LogP contribution in [0.2, 0.25) is 0 Å². The van der Waals surface area contributed by atoms with Gasteiger partial charge in [0.1, 0.15) is 0 Å². The van der Waals surface area contributed by atoms with E-state index in [4.69, 9.17) is 0 Å². The average Bonchev–Trinajstić information content (AvgIpc) is 2.66. The molecule has 0 aliphatic carbocycles. The lowest BCUT2D eigenvalue weighted by Crippen LogP contribution is -2.34. The van der Waals surface area contributed by atoms with E-state index in [1.807, 2.05) is 6.92 Å². The Morgan fingerprint density at radius 2 is 1.59 bits per heavy atom. The van der Waals surface area contributed by atoms with Gasteiger partial charge in [-0.25, -0.2) is 0 Å². The number of amides is 1. The van der Waals surface area contributed by atoms with Gasteiger partial charge >= 0.3 is 5.97 Å². The number of hydrogen-bond acceptors (Lipinski definition) is 7. The molecule has 0 saturated heterocycles. The number of esters is 1. The van der Waals surface area contributed by atoms with Crippen LogP contribution < -0.4 is 0 Å². The van der Waals surface area contributed by atoms with Crippen LogP contribution in [0.25, 0.3) is 0 Å². The van der Waals surface area contributed by atoms with Crippen molar-refractivity contribution in [2.24, 2.45) is 0 Å². The van der Waals surface area contributed by atoms with Gasteiger partial charge in [-0.05, 0) is 6.42 Å². The Morgan fingerprint density at radius 3 is 2.07 bits per heavy atom. The minimum Gasteiger partial charge on any atom is -0.469 e. The summed E-state index contributed by atoms with van der Waals surface area (Å²) in [5.74, 6) is -1.09. The van der Waals surface area contributed by atoms with Crippen LogP contribution in [0.3, 0.4) is 0 Å². The Labute approximate surface area is 156 Å². The first kappa shape index (κ1) is 22.0. The number of nitro groups is 2. The first-order valence-corrected chi connectivity index (χ1v) is 8.60. The fraction of sp³-hybridized carbons (Fsp3) is 0.529. The molecule has 10 nitrogen and oxygen atoms in total. The highest BCUT2D eigenvalue weighted by atomic mass is 16.6. The van der Waals surface area contributed by atoms with Gasteiger partial charge in [0.2, 0.25) is 0 Å². The Hall–Kier alpha value is -3.04. The van der Waals surface area contributed by atoms with Crippen molar-refractivity contribution in [1.29, 1.82) is 0 Å². The van der Waals surface area contributed by atoms with Gasteiger partial charge in [-0.2, -0.15) is 0 Å². The van der Waals surface area contributed by atoms with Crippen LogP contribution in [0.1, 0.15) is 49.4 Å². The summed E-state index contributed by atoms with van der Waals surface area (Å²) in [7, 11) is 1.24. The molecule has 0 aromatic heterocycles. The summed E-state index contributed by atoms with van der Waals surface area (Å²) in [4.78, 5) is 46.0. The zero-order valence-corrected chi connectivity index (χ0v) is 15.4. The van der Waals surface area contributed by atoms with E-state index < -0.39 is 33.1 Å². The molecular formula is C17H23N3O7. The molecule has 148 valence electrons. The molecule has 0 radical (unpaired) electrons. The van der Waals surface area contributed by atoms with Crippen molar-refractivity contribution in [1.82, 2.24) is 4.90 Å². The van der Waals surface area contributed by atoms with E-state index in [1.54, 1.807) is 0 Å². The third kappa shape index (κ3) is 7.00. The molecule has 0 unspecified atom stereocenters. The number of non-ortho nitro benzene ring substituents is 2. The number of hydrogen-bond donors (Lipinski definition) is 0. The van der Waals surface area contributed by atoms with Gasteiger partial charge in [0.05, 0.1) is 35.0 Å². The SMILES string of the molecule is CCCCCCN(CCC(=O)OC)C(=O)c1cc([N+](=O)[O-])cc([N+](=O)[O-])c1. The number of carbonyl (C=O) groups is 2. The van der Waals surface area contributed by atoms with Crippen molar-refractivity contribution in [3.05, 3.63) is 44.0 Å². The van der Waals surface area contributed by atoms with Crippen LogP contribution in [0.5, 0.6) is 0 Å². The highest BCUT2D eigenvalue weighted by Crippen LogP contribution is 2.24. The number of nitro benzene ring substituents is 2. The minimum atomic E-state index is -0.788. The maximum absolute atomic E-state index is 12.8. The number of carbonyl (C=O) groups excluding carboxylic acids is 2. The highest BCUT2D eigenvalue weighted by Gasteiger charge is 2.23. The molecule has 1 aromatic rings. The molecule has 0 N–H and O–H groups in total. The van der Waals surface area contributed by atoms with Gasteiger partial charge in [-0.1, -0.05) is 26.2 Å². The fourth-order valence-electron chi connectivity index (χ4n) is 2.48. The topological polar surface area (TPSA) is 133 Å². The number of rotatable bonds is 11. The standard InChI is InChI=1S/C17H23N3O7/c1-3-4-5-6-8-18(9-7-16(21)27-2)17(22)13-10-14(19(23)24)12-15(11-13)20(25)26/h10-12H,3-9H2,1-2H3. The lowest BCUT2D eigenvalue weighted by Gasteiger charge is -2.22. The summed E-state index contributed by atoms with van der Waals surface area (Å²) in [5.41, 5.74) is -1.23. The molecule has 0 aliphatic rings. The van der Waals surface area contributed by atoms with E-state index in [2.05, 4.69) is 4.74 Å². The second-order valence-corrected chi connectivity index (χ2v) is 5.93. The second-order valence-electron chi connectivity index (χ2n) is 5.93. The van der Waals surface area contributed by atoms with Crippen molar-refractivity contribution in [3.63, 3.8) is 0 Å². The number of nitrogens with zero attached hydrogens (tertiary/aromatic N) is 3. The fourth-order valence-corrected chi connectivity index (χ4v) is 2.48. The molecule has 0 atom stereocenters. The normalized spacial score (nSPS) is 10.3. The van der Waals surface area contributed by atoms with Gasteiger partial charge in [0.15, 0.2) is 0 Å². The average molecular weight is 381 g/mol. The predicted molar refractivity (Wildman–Crippen MR) is 96.4 cm³/mol. The Balaban J connectivity index is 3.08. The lowest BCUT2D eigenvalue weighted by atomic mass is 10.1. The van der Waals surface area contributed by atoms with E-state index in [1.165, 1.54) is 12.0 Å². The number of methoxy groups -OCH3 is 1. The highest BCUT2D eigenvalue weighted by molar-refractivity contribution is 5.95. The molecule has 0 spiro atoms. The Kier molecular flexibility index (Phi) is 8.83. The van der Waals surface area contributed by atoms with Crippen molar-refractivity contribution in [3.8, 4) is 0 Å². The minimum absolute atomic E-state index is 0.0347. The van der Waals surface area contributed by atoms with Crippen molar-refractivity contribution < 1.29 is 24.2 Å². The van der Waals surface area contributed by atoms with Gasteiger partial charge in [0, 0.05) is 25.2 Å². The van der Waals surface area contributed by atoms with Crippen LogP contribution in [0, 0.1) is 20.2 Å². The van der Waals surface area contributed by atoms with E-state index in [-0.39, 0.29) is 18.5 Å². The zero-order valence-electron chi connectivity index (χ0n) is 15.4. The Bertz CT molecular complexity index is 674. The molecule has 1 amide bonds. The third-order valence-electron chi connectivity index (χ3n) is 3.95. The summed E-state index contributed by atoms with van der Waals surface area (Å²) >= 11 is 0. The van der Waals surface area contributed by atoms with Crippen molar-refractivity contribution >= 4 is 23.3 Å². The molecule has 0 saturated carbocycles. The van der Waals surface area contributed by atoms with E-state index >= 15 is 0 Å². The van der Waals surface area contributed by atoms with Gasteiger partial charge in [-0.15, -0.1) is 0 Å². The zero-order chi connectivity index (χ0) is 20.4. The van der Waals surface area contributed by atoms with Gasteiger partial charge in [0.25, 0.3) is 17.3 Å². The van der Waals surface area contributed by atoms with Crippen LogP contribution in [-0.4, -0.2) is 46.8 Å². The predicted octanol–water partition coefficient (Wildman–Crippen LogP) is 3.09. The largest absolute Gasteiger partial charge is 0.469 e. The molecule has 27 heavy (non-hydrogen) atoms. The van der Waals surface area contributed by atoms with Crippen molar-refractivity contribution in [2.75, 3.05) is 20.2 Å². The Morgan fingerprint density at radius 1 is 1.00 bits per heavy atom. The number of benzene rings is 1. The molecule has 0 heterocycles. The molecular weight excluding hydrogens is 358 g/mol. The van der Waals surface area contributed by atoms with Crippen LogP contribution in [0.15, 0.2) is 18.2 Å². The first-order valence-electron chi connectivity index (χ1n) is 8.60. The lowest BCUT2D eigenvalue weighted by molar-refractivity contribution is -0.394. The maximum atomic E-state index is 12.8. The van der Waals surface area contributed by atoms with E-state index in [0.717, 1.165) is 37.5 Å². The van der Waals surface area contributed by atoms with Crippen molar-refractivity contribution in [2.45, 2.75) is 39.0 Å². The van der Waals surface area contributed by atoms with Gasteiger partial charge < -0.3 is 9.64 Å². The number of ether oxygens (including phenoxy) is 1. The van der Waals surface area contributed by atoms with Crippen LogP contribution in [-0.2, 0) is 9.53 Å². The molecule has 10 heteroatoms. The smallest absolute Gasteiger partial charge is 0.307 e. The van der Waals surface area contributed by atoms with E-state index in [9.17, 15) is 29.8 Å². The van der Waals surface area contributed by atoms with E-state index in [0.29, 0.717) is 13.0 Å². The van der Waals surface area contributed by atoms with Crippen LogP contribution >= 0.6 is 0 Å². The third-order valence-corrected chi connectivity index (χ3v) is 3.95. The quantitative estimate of drug-likeness (QED) is 0.249. The molecule has 0 aliphatic heterocycles. The summed E-state index contributed by atoms with van der Waals surface area (Å²) < 4.78 is 4.57. The summed E-state index contributed by atoms with van der Waals surface area (Å²) in [6.45, 7) is 2.45. The summed E-state index contributed by atoms with van der Waals surface area (Å²) in [6.07, 6.45) is 3.53. The molecule has 1 rings (SSSR count). The van der Waals surface area contributed by atoms with Gasteiger partial charge in [-0.3, -0.25) is 29.8 Å². The molecule has 1 aromatic carbocycles. The maximum Gasteiger partial charge on any atom is 0.307 e. The number of unbranched alkanes of at least 4 members (excludes halogenated alkanes) is 3. The first-order chi connectivity index (χ1) is 12.8. The molecule has 0 bridgehead atoms. The second kappa shape index (κ2) is 10.8. The monoisotopic (exact) mass is 381 g/mol. The van der Waals surface area contributed by atoms with Crippen LogP contribution in [0.4, 0.5) is 11.4 Å². The summed E-state index contributed by atoms with van der Waals surface area (Å²) in [6, 6.07) is 2.82. The molecule has 0 fully saturated rings.